The third kappa shape index (κ3) is 6.67. The number of hydrogen-bond acceptors (Lipinski definition) is 5. The van der Waals surface area contributed by atoms with Gasteiger partial charge in [-0.1, -0.05) is 19.1 Å². The Morgan fingerprint density at radius 3 is 2.62 bits per heavy atom. The van der Waals surface area contributed by atoms with E-state index >= 15 is 0 Å². The number of esters is 1. The van der Waals surface area contributed by atoms with Crippen molar-refractivity contribution in [1.82, 2.24) is 4.90 Å². The number of carbonyl (C=O) groups excluding carboxylic acids is 2. The van der Waals surface area contributed by atoms with E-state index in [0.29, 0.717) is 25.4 Å². The Bertz CT molecular complexity index is 566. The third-order valence-electron chi connectivity index (χ3n) is 4.39. The molecule has 1 unspecified atom stereocenters. The van der Waals surface area contributed by atoms with Crippen LogP contribution in [0.3, 0.4) is 0 Å². The predicted molar refractivity (Wildman–Crippen MR) is 98.1 cm³/mol. The van der Waals surface area contributed by atoms with Crippen LogP contribution in [0.5, 0.6) is 5.75 Å². The monoisotopic (exact) mass is 363 g/mol. The fraction of sp³-hybridized carbons (Fsp3) is 0.600. The molecule has 0 aliphatic carbocycles. The number of amides is 1. The lowest BCUT2D eigenvalue weighted by Gasteiger charge is -2.25. The van der Waals surface area contributed by atoms with Gasteiger partial charge in [0.05, 0.1) is 19.1 Å². The maximum atomic E-state index is 12.6. The minimum atomic E-state index is -0.297. The van der Waals surface area contributed by atoms with E-state index < -0.39 is 0 Å². The molecule has 2 rings (SSSR count). The van der Waals surface area contributed by atoms with Crippen molar-refractivity contribution in [1.29, 1.82) is 0 Å². The fourth-order valence-corrected chi connectivity index (χ4v) is 2.87. The van der Waals surface area contributed by atoms with E-state index in [-0.39, 0.29) is 31.0 Å². The summed E-state index contributed by atoms with van der Waals surface area (Å²) >= 11 is 0. The number of carbonyl (C=O) groups is 2. The molecule has 1 amide bonds. The van der Waals surface area contributed by atoms with E-state index in [1.807, 2.05) is 24.3 Å². The van der Waals surface area contributed by atoms with Crippen molar-refractivity contribution in [2.45, 2.75) is 45.6 Å². The summed E-state index contributed by atoms with van der Waals surface area (Å²) in [7, 11) is 0. The summed E-state index contributed by atoms with van der Waals surface area (Å²) < 4.78 is 16.2. The lowest BCUT2D eigenvalue weighted by Crippen LogP contribution is -2.41. The molecule has 1 aromatic carbocycles. The number of nitrogens with zero attached hydrogens (tertiary/aromatic N) is 1. The molecule has 1 fully saturated rings. The van der Waals surface area contributed by atoms with Crippen LogP contribution in [0.2, 0.25) is 0 Å². The molecule has 144 valence electrons. The summed E-state index contributed by atoms with van der Waals surface area (Å²) in [4.78, 5) is 25.9. The first-order chi connectivity index (χ1) is 12.6. The second-order valence-corrected chi connectivity index (χ2v) is 6.32. The standard InChI is InChI=1S/C20H29NO5/c1-3-16-7-9-17(10-8-16)26-15-19(22)21(12-11-20(23)24-4-2)14-18-6-5-13-25-18/h7-10,18H,3-6,11-15H2,1-2H3. The Kier molecular flexibility index (Phi) is 8.41. The Morgan fingerprint density at radius 1 is 1.23 bits per heavy atom. The van der Waals surface area contributed by atoms with E-state index in [9.17, 15) is 9.59 Å². The average Bonchev–Trinajstić information content (AvgIpc) is 3.17. The van der Waals surface area contributed by atoms with E-state index in [0.717, 1.165) is 25.9 Å². The Hall–Kier alpha value is -2.08. The van der Waals surface area contributed by atoms with Crippen LogP contribution in [0.4, 0.5) is 0 Å². The van der Waals surface area contributed by atoms with Gasteiger partial charge in [-0.2, -0.15) is 0 Å². The van der Waals surface area contributed by atoms with Crippen LogP contribution < -0.4 is 4.74 Å². The Labute approximate surface area is 155 Å². The van der Waals surface area contributed by atoms with Crippen LogP contribution in [0.15, 0.2) is 24.3 Å². The van der Waals surface area contributed by atoms with Crippen molar-refractivity contribution in [2.75, 3.05) is 32.9 Å². The first-order valence-corrected chi connectivity index (χ1v) is 9.39. The van der Waals surface area contributed by atoms with Gasteiger partial charge >= 0.3 is 5.97 Å². The molecule has 1 heterocycles. The molecule has 1 aromatic rings. The molecule has 1 aliphatic rings. The summed E-state index contributed by atoms with van der Waals surface area (Å²) in [6.45, 7) is 5.67. The summed E-state index contributed by atoms with van der Waals surface area (Å²) in [6, 6.07) is 7.72. The molecule has 0 saturated carbocycles. The quantitative estimate of drug-likeness (QED) is 0.598. The van der Waals surface area contributed by atoms with Gasteiger partial charge in [0.2, 0.25) is 0 Å². The molecular weight excluding hydrogens is 334 g/mol. The fourth-order valence-electron chi connectivity index (χ4n) is 2.87. The zero-order chi connectivity index (χ0) is 18.8. The second-order valence-electron chi connectivity index (χ2n) is 6.32. The highest BCUT2D eigenvalue weighted by Gasteiger charge is 2.23. The first kappa shape index (κ1) is 20.2. The lowest BCUT2D eigenvalue weighted by atomic mass is 10.2. The smallest absolute Gasteiger partial charge is 0.307 e. The van der Waals surface area contributed by atoms with Crippen molar-refractivity contribution in [3.05, 3.63) is 29.8 Å². The summed E-state index contributed by atoms with van der Waals surface area (Å²) in [6.07, 6.45) is 3.11. The van der Waals surface area contributed by atoms with Gasteiger partial charge in [-0.05, 0) is 43.9 Å². The van der Waals surface area contributed by atoms with Crippen molar-refractivity contribution >= 4 is 11.9 Å². The molecule has 0 N–H and O–H groups in total. The van der Waals surface area contributed by atoms with Crippen LogP contribution >= 0.6 is 0 Å². The molecule has 6 nitrogen and oxygen atoms in total. The molecule has 0 bridgehead atoms. The topological polar surface area (TPSA) is 65.1 Å². The highest BCUT2D eigenvalue weighted by Crippen LogP contribution is 2.15. The molecular formula is C20H29NO5. The van der Waals surface area contributed by atoms with Crippen LogP contribution in [-0.2, 0) is 25.5 Å². The number of rotatable bonds is 10. The van der Waals surface area contributed by atoms with Gasteiger partial charge in [0.25, 0.3) is 5.91 Å². The summed E-state index contributed by atoms with van der Waals surface area (Å²) in [5.41, 5.74) is 1.22. The molecule has 0 radical (unpaired) electrons. The second kappa shape index (κ2) is 10.8. The number of ether oxygens (including phenoxy) is 3. The van der Waals surface area contributed by atoms with Crippen molar-refractivity contribution in [3.63, 3.8) is 0 Å². The zero-order valence-corrected chi connectivity index (χ0v) is 15.7. The third-order valence-corrected chi connectivity index (χ3v) is 4.39. The Balaban J connectivity index is 1.88. The van der Waals surface area contributed by atoms with Crippen molar-refractivity contribution in [2.24, 2.45) is 0 Å². The number of benzene rings is 1. The van der Waals surface area contributed by atoms with E-state index in [1.165, 1.54) is 5.56 Å². The normalized spacial score (nSPS) is 16.3. The van der Waals surface area contributed by atoms with Crippen LogP contribution in [-0.4, -0.2) is 55.8 Å². The SMILES string of the molecule is CCOC(=O)CCN(CC1CCCO1)C(=O)COc1ccc(CC)cc1. The highest BCUT2D eigenvalue weighted by molar-refractivity contribution is 5.78. The van der Waals surface area contributed by atoms with E-state index in [4.69, 9.17) is 14.2 Å². The van der Waals surface area contributed by atoms with Gasteiger partial charge in [0.1, 0.15) is 5.75 Å². The molecule has 0 aromatic heterocycles. The van der Waals surface area contributed by atoms with Crippen LogP contribution in [0, 0.1) is 0 Å². The highest BCUT2D eigenvalue weighted by atomic mass is 16.5. The van der Waals surface area contributed by atoms with Gasteiger partial charge in [-0.25, -0.2) is 0 Å². The number of aryl methyl sites for hydroxylation is 1. The molecule has 1 aliphatic heterocycles. The molecule has 6 heteroatoms. The van der Waals surface area contributed by atoms with Crippen molar-refractivity contribution in [3.8, 4) is 5.75 Å². The minimum Gasteiger partial charge on any atom is -0.484 e. The maximum Gasteiger partial charge on any atom is 0.307 e. The van der Waals surface area contributed by atoms with Crippen molar-refractivity contribution < 1.29 is 23.8 Å². The van der Waals surface area contributed by atoms with Crippen LogP contribution in [0.25, 0.3) is 0 Å². The Morgan fingerprint density at radius 2 is 2.00 bits per heavy atom. The first-order valence-electron chi connectivity index (χ1n) is 9.39. The van der Waals surface area contributed by atoms with Crippen LogP contribution in [0.1, 0.15) is 38.7 Å². The predicted octanol–water partition coefficient (Wildman–Crippen LogP) is 2.59. The van der Waals surface area contributed by atoms with Gasteiger partial charge in [0, 0.05) is 19.7 Å². The van der Waals surface area contributed by atoms with Gasteiger partial charge in [-0.3, -0.25) is 9.59 Å². The molecule has 1 atom stereocenters. The van der Waals surface area contributed by atoms with E-state index in [2.05, 4.69) is 6.92 Å². The summed E-state index contributed by atoms with van der Waals surface area (Å²) in [5.74, 6) is 0.219. The zero-order valence-electron chi connectivity index (χ0n) is 15.7. The summed E-state index contributed by atoms with van der Waals surface area (Å²) in [5, 5.41) is 0. The largest absolute Gasteiger partial charge is 0.484 e. The average molecular weight is 363 g/mol. The van der Waals surface area contributed by atoms with Gasteiger partial charge in [-0.15, -0.1) is 0 Å². The number of hydrogen-bond donors (Lipinski definition) is 0. The van der Waals surface area contributed by atoms with Gasteiger partial charge in [0.15, 0.2) is 6.61 Å². The van der Waals surface area contributed by atoms with E-state index in [1.54, 1.807) is 11.8 Å². The lowest BCUT2D eigenvalue weighted by molar-refractivity contribution is -0.144. The minimum absolute atomic E-state index is 0.0324. The maximum absolute atomic E-state index is 12.6. The molecule has 26 heavy (non-hydrogen) atoms. The molecule has 0 spiro atoms. The molecule has 1 saturated heterocycles. The van der Waals surface area contributed by atoms with Gasteiger partial charge < -0.3 is 19.1 Å².